The molecule has 2 aromatic rings. The van der Waals surface area contributed by atoms with Crippen LogP contribution in [0, 0.1) is 13.8 Å². The number of anilines is 3. The molecule has 4 rings (SSSR count). The summed E-state index contributed by atoms with van der Waals surface area (Å²) in [5.41, 5.74) is 4.73. The number of hydrogen-bond acceptors (Lipinski definition) is 8. The highest BCUT2D eigenvalue weighted by atomic mass is 16.6. The van der Waals surface area contributed by atoms with Crippen LogP contribution in [0.3, 0.4) is 0 Å². The highest BCUT2D eigenvalue weighted by Gasteiger charge is 2.25. The lowest BCUT2D eigenvalue weighted by Gasteiger charge is -2.26. The molecule has 1 aromatic carbocycles. The summed E-state index contributed by atoms with van der Waals surface area (Å²) in [6.07, 6.45) is 2.22. The molecule has 2 aliphatic heterocycles. The molecule has 154 valence electrons. The van der Waals surface area contributed by atoms with Gasteiger partial charge < -0.3 is 30.5 Å². The van der Waals surface area contributed by atoms with Crippen LogP contribution in [0.4, 0.5) is 17.5 Å². The van der Waals surface area contributed by atoms with Crippen molar-refractivity contribution in [2.75, 3.05) is 44.0 Å². The lowest BCUT2D eigenvalue weighted by Crippen LogP contribution is -2.24. The van der Waals surface area contributed by atoms with Gasteiger partial charge in [0.1, 0.15) is 19.0 Å². The fourth-order valence-corrected chi connectivity index (χ4v) is 3.73. The van der Waals surface area contributed by atoms with Gasteiger partial charge in [0.15, 0.2) is 11.5 Å². The Morgan fingerprint density at radius 3 is 2.83 bits per heavy atom. The standard InChI is InChI=1S/C21H27N5O3/c1-12-8-18(22-3)26-21(24-12)25-16-10-17-20(29-7-6-28-17)19(13(16)2)14-4-5-23-11-15(27)9-14/h4,8,10,15,23,27H,5-7,9,11H2,1-3H3,(H2,22,24,25,26)/t15-/m0/s1. The van der Waals surface area contributed by atoms with Crippen molar-refractivity contribution in [1.82, 2.24) is 15.3 Å². The Morgan fingerprint density at radius 2 is 2.00 bits per heavy atom. The van der Waals surface area contributed by atoms with E-state index in [1.54, 1.807) is 0 Å². The molecule has 3 heterocycles. The van der Waals surface area contributed by atoms with Gasteiger partial charge in [-0.15, -0.1) is 0 Å². The molecule has 1 atom stereocenters. The van der Waals surface area contributed by atoms with Crippen molar-refractivity contribution in [3.63, 3.8) is 0 Å². The largest absolute Gasteiger partial charge is 0.486 e. The number of β-amino-alcohol motifs (C(OH)–C–C–N with tert-alkyl or cyclic N) is 1. The summed E-state index contributed by atoms with van der Waals surface area (Å²) in [6, 6.07) is 3.82. The number of benzene rings is 1. The Bertz CT molecular complexity index is 944. The zero-order valence-electron chi connectivity index (χ0n) is 17.0. The second kappa shape index (κ2) is 8.26. The van der Waals surface area contributed by atoms with Gasteiger partial charge in [-0.2, -0.15) is 4.98 Å². The minimum absolute atomic E-state index is 0.446. The molecule has 0 saturated carbocycles. The number of aryl methyl sites for hydroxylation is 1. The molecule has 0 saturated heterocycles. The Kier molecular flexibility index (Phi) is 5.55. The molecular weight excluding hydrogens is 370 g/mol. The topological polar surface area (TPSA) is 101 Å². The van der Waals surface area contributed by atoms with E-state index in [9.17, 15) is 5.11 Å². The molecule has 0 aliphatic carbocycles. The maximum absolute atomic E-state index is 10.3. The fraction of sp³-hybridized carbons (Fsp3) is 0.429. The van der Waals surface area contributed by atoms with Gasteiger partial charge in [-0.25, -0.2) is 4.98 Å². The lowest BCUT2D eigenvalue weighted by atomic mass is 9.93. The Labute approximate surface area is 170 Å². The number of rotatable bonds is 4. The molecule has 0 spiro atoms. The number of aliphatic hydroxyl groups excluding tert-OH is 1. The molecule has 2 aliphatic rings. The predicted octanol–water partition coefficient (Wildman–Crippen LogP) is 2.39. The number of hydrogen-bond donors (Lipinski definition) is 4. The van der Waals surface area contributed by atoms with Crippen LogP contribution in [0.25, 0.3) is 5.57 Å². The predicted molar refractivity (Wildman–Crippen MR) is 113 cm³/mol. The highest BCUT2D eigenvalue weighted by Crippen LogP contribution is 2.45. The van der Waals surface area contributed by atoms with Gasteiger partial charge in [0.05, 0.1) is 6.10 Å². The Morgan fingerprint density at radius 1 is 1.17 bits per heavy atom. The molecule has 0 amide bonds. The van der Waals surface area contributed by atoms with E-state index in [1.165, 1.54) is 0 Å². The van der Waals surface area contributed by atoms with Gasteiger partial charge in [0, 0.05) is 55.6 Å². The first-order chi connectivity index (χ1) is 14.0. The Hall–Kier alpha value is -2.84. The molecule has 1 aromatic heterocycles. The van der Waals surface area contributed by atoms with Gasteiger partial charge in [-0.3, -0.25) is 0 Å². The van der Waals surface area contributed by atoms with Crippen LogP contribution in [0.2, 0.25) is 0 Å². The van der Waals surface area contributed by atoms with E-state index >= 15 is 0 Å². The molecule has 29 heavy (non-hydrogen) atoms. The average Bonchev–Trinajstić information content (AvgIpc) is 2.92. The van der Waals surface area contributed by atoms with Gasteiger partial charge in [0.25, 0.3) is 0 Å². The maximum atomic E-state index is 10.3. The third-order valence-electron chi connectivity index (χ3n) is 5.10. The van der Waals surface area contributed by atoms with Crippen LogP contribution in [0.5, 0.6) is 11.5 Å². The van der Waals surface area contributed by atoms with Crippen molar-refractivity contribution in [3.05, 3.63) is 35.0 Å². The van der Waals surface area contributed by atoms with Crippen LogP contribution in [0.15, 0.2) is 18.2 Å². The van der Waals surface area contributed by atoms with Gasteiger partial charge >= 0.3 is 0 Å². The van der Waals surface area contributed by atoms with Crippen LogP contribution < -0.4 is 25.4 Å². The van der Waals surface area contributed by atoms with Crippen molar-refractivity contribution in [3.8, 4) is 11.5 Å². The third kappa shape index (κ3) is 4.13. The molecule has 0 radical (unpaired) electrons. The first-order valence-electron chi connectivity index (χ1n) is 9.87. The zero-order chi connectivity index (χ0) is 20.4. The second-order valence-corrected chi connectivity index (χ2v) is 7.29. The maximum Gasteiger partial charge on any atom is 0.229 e. The van der Waals surface area contributed by atoms with Crippen LogP contribution >= 0.6 is 0 Å². The van der Waals surface area contributed by atoms with Crippen molar-refractivity contribution >= 4 is 23.0 Å². The highest BCUT2D eigenvalue weighted by molar-refractivity contribution is 5.82. The summed E-state index contributed by atoms with van der Waals surface area (Å²) in [5.74, 6) is 2.68. The summed E-state index contributed by atoms with van der Waals surface area (Å²) >= 11 is 0. The molecular formula is C21H27N5O3. The van der Waals surface area contributed by atoms with E-state index in [-0.39, 0.29) is 0 Å². The second-order valence-electron chi connectivity index (χ2n) is 7.29. The minimum atomic E-state index is -0.446. The average molecular weight is 397 g/mol. The van der Waals surface area contributed by atoms with Crippen LogP contribution in [-0.2, 0) is 0 Å². The van der Waals surface area contributed by atoms with Crippen LogP contribution in [-0.4, -0.2) is 54.5 Å². The van der Waals surface area contributed by atoms with Gasteiger partial charge in [-0.05, 0) is 25.0 Å². The first-order valence-corrected chi connectivity index (χ1v) is 9.87. The summed E-state index contributed by atoms with van der Waals surface area (Å²) in [6.45, 7) is 6.25. The number of fused-ring (bicyclic) bond motifs is 1. The molecule has 0 bridgehead atoms. The third-order valence-corrected chi connectivity index (χ3v) is 5.10. The number of nitrogens with zero attached hydrogens (tertiary/aromatic N) is 2. The minimum Gasteiger partial charge on any atom is -0.486 e. The molecule has 8 heteroatoms. The fourth-order valence-electron chi connectivity index (χ4n) is 3.73. The quantitative estimate of drug-likeness (QED) is 0.624. The van der Waals surface area contributed by atoms with E-state index in [0.29, 0.717) is 44.4 Å². The molecule has 8 nitrogen and oxygen atoms in total. The summed E-state index contributed by atoms with van der Waals surface area (Å²) < 4.78 is 11.9. The first kappa shape index (κ1) is 19.5. The van der Waals surface area contributed by atoms with Crippen molar-refractivity contribution < 1.29 is 14.6 Å². The molecule has 0 fully saturated rings. The summed E-state index contributed by atoms with van der Waals surface area (Å²) in [5, 5.41) is 19.9. The number of ether oxygens (including phenoxy) is 2. The van der Waals surface area contributed by atoms with Crippen molar-refractivity contribution in [2.45, 2.75) is 26.4 Å². The van der Waals surface area contributed by atoms with E-state index in [1.807, 2.05) is 33.0 Å². The normalized spacial score (nSPS) is 18.6. The smallest absolute Gasteiger partial charge is 0.229 e. The van der Waals surface area contributed by atoms with E-state index in [2.05, 4.69) is 32.0 Å². The van der Waals surface area contributed by atoms with E-state index < -0.39 is 6.10 Å². The van der Waals surface area contributed by atoms with Gasteiger partial charge in [-0.1, -0.05) is 6.08 Å². The zero-order valence-corrected chi connectivity index (χ0v) is 17.0. The number of nitrogens with one attached hydrogen (secondary N) is 3. The molecule has 0 unspecified atom stereocenters. The van der Waals surface area contributed by atoms with Crippen LogP contribution in [0.1, 0.15) is 23.2 Å². The summed E-state index contributed by atoms with van der Waals surface area (Å²) in [4.78, 5) is 9.00. The van der Waals surface area contributed by atoms with E-state index in [0.717, 1.165) is 39.6 Å². The van der Waals surface area contributed by atoms with Crippen molar-refractivity contribution in [1.29, 1.82) is 0 Å². The van der Waals surface area contributed by atoms with Gasteiger partial charge in [0.2, 0.25) is 5.95 Å². The Balaban J connectivity index is 1.79. The summed E-state index contributed by atoms with van der Waals surface area (Å²) in [7, 11) is 1.83. The SMILES string of the molecule is CNc1cc(C)nc(Nc2cc3c(c(C4=CCNC[C@@H](O)C4)c2C)OCCO3)n1. The van der Waals surface area contributed by atoms with E-state index in [4.69, 9.17) is 9.47 Å². The number of aliphatic hydroxyl groups is 1. The monoisotopic (exact) mass is 397 g/mol. The lowest BCUT2D eigenvalue weighted by molar-refractivity contribution is 0.170. The van der Waals surface area contributed by atoms with Crippen molar-refractivity contribution in [2.24, 2.45) is 0 Å². The molecule has 4 N–H and O–H groups in total. The number of aromatic nitrogens is 2.